The van der Waals surface area contributed by atoms with Crippen molar-refractivity contribution in [3.05, 3.63) is 59.5 Å². The third kappa shape index (κ3) is 4.31. The molecule has 26 heavy (non-hydrogen) atoms. The van der Waals surface area contributed by atoms with Gasteiger partial charge in [-0.25, -0.2) is 4.98 Å². The zero-order chi connectivity index (χ0) is 18.4. The summed E-state index contributed by atoms with van der Waals surface area (Å²) in [6, 6.07) is 9.07. The summed E-state index contributed by atoms with van der Waals surface area (Å²) in [5.74, 6) is 2.24. The molecular weight excluding hydrogens is 354 g/mol. The fraction of sp³-hybridized carbons (Fsp3) is 0.167. The summed E-state index contributed by atoms with van der Waals surface area (Å²) in [4.78, 5) is 12.7. The molecule has 0 bridgehead atoms. The fourth-order valence-electron chi connectivity index (χ4n) is 2.29. The van der Waals surface area contributed by atoms with Gasteiger partial charge in [-0.15, -0.1) is 0 Å². The first kappa shape index (κ1) is 17.8. The van der Waals surface area contributed by atoms with Gasteiger partial charge in [0.1, 0.15) is 17.3 Å². The number of nitrogens with one attached hydrogen (secondary N) is 2. The maximum Gasteiger partial charge on any atom is 0.224 e. The van der Waals surface area contributed by atoms with Gasteiger partial charge in [0, 0.05) is 37.3 Å². The molecule has 0 saturated heterocycles. The molecule has 2 heterocycles. The Morgan fingerprint density at radius 1 is 1.00 bits per heavy atom. The Morgan fingerprint density at radius 3 is 2.50 bits per heavy atom. The minimum absolute atomic E-state index is 0.470. The average molecular weight is 372 g/mol. The molecule has 3 rings (SSSR count). The molecule has 0 fully saturated rings. The Hall–Kier alpha value is -3.06. The molecule has 0 unspecified atom stereocenters. The number of anilines is 3. The van der Waals surface area contributed by atoms with Crippen molar-refractivity contribution in [3.8, 4) is 11.5 Å². The topological polar surface area (TPSA) is 81.2 Å². The van der Waals surface area contributed by atoms with Gasteiger partial charge < -0.3 is 20.1 Å². The molecule has 8 heteroatoms. The van der Waals surface area contributed by atoms with Crippen molar-refractivity contribution in [1.29, 1.82) is 0 Å². The van der Waals surface area contributed by atoms with Gasteiger partial charge >= 0.3 is 0 Å². The van der Waals surface area contributed by atoms with E-state index in [0.29, 0.717) is 40.5 Å². The van der Waals surface area contributed by atoms with E-state index in [9.17, 15) is 0 Å². The highest BCUT2D eigenvalue weighted by Crippen LogP contribution is 2.37. The summed E-state index contributed by atoms with van der Waals surface area (Å²) in [5.41, 5.74) is 1.78. The van der Waals surface area contributed by atoms with E-state index in [1.165, 1.54) is 0 Å². The fourth-order valence-corrected chi connectivity index (χ4v) is 2.52. The minimum Gasteiger partial charge on any atom is -0.495 e. The van der Waals surface area contributed by atoms with Crippen LogP contribution < -0.4 is 20.1 Å². The molecular formula is C18H18ClN5O2. The van der Waals surface area contributed by atoms with Crippen LogP contribution in [0.15, 0.2) is 48.9 Å². The van der Waals surface area contributed by atoms with Gasteiger partial charge in [0.05, 0.1) is 24.9 Å². The minimum atomic E-state index is 0.470. The average Bonchev–Trinajstić information content (AvgIpc) is 2.68. The summed E-state index contributed by atoms with van der Waals surface area (Å²) in [7, 11) is 3.13. The predicted molar refractivity (Wildman–Crippen MR) is 101 cm³/mol. The van der Waals surface area contributed by atoms with Crippen LogP contribution in [0.2, 0.25) is 5.02 Å². The number of benzene rings is 1. The van der Waals surface area contributed by atoms with Crippen LogP contribution >= 0.6 is 11.6 Å². The summed E-state index contributed by atoms with van der Waals surface area (Å²) in [6.07, 6.45) is 5.16. The molecule has 0 amide bonds. The summed E-state index contributed by atoms with van der Waals surface area (Å²) >= 11 is 6.14. The lowest BCUT2D eigenvalue weighted by Crippen LogP contribution is -2.05. The Labute approximate surface area is 156 Å². The van der Waals surface area contributed by atoms with Crippen molar-refractivity contribution in [2.75, 3.05) is 24.9 Å². The van der Waals surface area contributed by atoms with E-state index >= 15 is 0 Å². The number of hydrogen-bond acceptors (Lipinski definition) is 7. The van der Waals surface area contributed by atoms with Crippen LogP contribution in [0.25, 0.3) is 0 Å². The second kappa shape index (κ2) is 8.35. The Bertz CT molecular complexity index is 877. The van der Waals surface area contributed by atoms with Gasteiger partial charge in [0.15, 0.2) is 0 Å². The standard InChI is InChI=1S/C18H18ClN5O2/c1-25-15-10-14(16(26-2)9-13(15)19)23-17-5-8-21-18(24-17)22-11-12-3-6-20-7-4-12/h3-10H,11H2,1-2H3,(H2,21,22,23,24). The van der Waals surface area contributed by atoms with Gasteiger partial charge in [-0.1, -0.05) is 11.6 Å². The van der Waals surface area contributed by atoms with E-state index in [4.69, 9.17) is 21.1 Å². The normalized spacial score (nSPS) is 10.3. The predicted octanol–water partition coefficient (Wildman–Crippen LogP) is 3.90. The van der Waals surface area contributed by atoms with Gasteiger partial charge in [-0.05, 0) is 23.8 Å². The van der Waals surface area contributed by atoms with Crippen molar-refractivity contribution in [2.24, 2.45) is 0 Å². The van der Waals surface area contributed by atoms with E-state index in [0.717, 1.165) is 5.56 Å². The molecule has 2 aromatic heterocycles. The van der Waals surface area contributed by atoms with E-state index < -0.39 is 0 Å². The molecule has 1 aromatic carbocycles. The number of hydrogen-bond donors (Lipinski definition) is 2. The maximum atomic E-state index is 6.14. The highest BCUT2D eigenvalue weighted by atomic mass is 35.5. The number of nitrogens with zero attached hydrogens (tertiary/aromatic N) is 3. The van der Waals surface area contributed by atoms with Crippen LogP contribution in [0.5, 0.6) is 11.5 Å². The zero-order valence-corrected chi connectivity index (χ0v) is 15.1. The summed E-state index contributed by atoms with van der Waals surface area (Å²) in [6.45, 7) is 0.601. The molecule has 0 aliphatic rings. The van der Waals surface area contributed by atoms with Crippen LogP contribution in [-0.2, 0) is 6.54 Å². The first-order valence-electron chi connectivity index (χ1n) is 7.84. The molecule has 7 nitrogen and oxygen atoms in total. The van der Waals surface area contributed by atoms with Crippen molar-refractivity contribution in [1.82, 2.24) is 15.0 Å². The Kier molecular flexibility index (Phi) is 5.70. The molecule has 134 valence electrons. The molecule has 0 radical (unpaired) electrons. The van der Waals surface area contributed by atoms with Crippen LogP contribution in [0, 0.1) is 0 Å². The SMILES string of the molecule is COc1cc(Nc2ccnc(NCc3ccncc3)n2)c(OC)cc1Cl. The van der Waals surface area contributed by atoms with E-state index in [-0.39, 0.29) is 0 Å². The van der Waals surface area contributed by atoms with Crippen molar-refractivity contribution in [2.45, 2.75) is 6.54 Å². The number of halogens is 1. The molecule has 0 atom stereocenters. The lowest BCUT2D eigenvalue weighted by molar-refractivity contribution is 0.405. The van der Waals surface area contributed by atoms with Gasteiger partial charge in [0.25, 0.3) is 0 Å². The molecule has 0 aliphatic heterocycles. The van der Waals surface area contributed by atoms with E-state index in [1.54, 1.807) is 51.0 Å². The number of pyridine rings is 1. The maximum absolute atomic E-state index is 6.14. The monoisotopic (exact) mass is 371 g/mol. The highest BCUT2D eigenvalue weighted by molar-refractivity contribution is 6.32. The molecule has 2 N–H and O–H groups in total. The quantitative estimate of drug-likeness (QED) is 0.651. The van der Waals surface area contributed by atoms with Crippen LogP contribution in [0.3, 0.4) is 0 Å². The van der Waals surface area contributed by atoms with Crippen LogP contribution in [0.1, 0.15) is 5.56 Å². The third-order valence-corrected chi connectivity index (χ3v) is 3.89. The van der Waals surface area contributed by atoms with Crippen molar-refractivity contribution < 1.29 is 9.47 Å². The second-order valence-corrected chi connectivity index (χ2v) is 5.69. The van der Waals surface area contributed by atoms with Gasteiger partial charge in [-0.3, -0.25) is 4.98 Å². The summed E-state index contributed by atoms with van der Waals surface area (Å²) < 4.78 is 10.6. The molecule has 0 aliphatic carbocycles. The Morgan fingerprint density at radius 2 is 1.77 bits per heavy atom. The zero-order valence-electron chi connectivity index (χ0n) is 14.4. The third-order valence-electron chi connectivity index (χ3n) is 3.59. The molecule has 0 saturated carbocycles. The van der Waals surface area contributed by atoms with E-state index in [1.807, 2.05) is 12.1 Å². The summed E-state index contributed by atoms with van der Waals surface area (Å²) in [5, 5.41) is 6.85. The van der Waals surface area contributed by atoms with Crippen LogP contribution in [-0.4, -0.2) is 29.2 Å². The van der Waals surface area contributed by atoms with E-state index in [2.05, 4.69) is 25.6 Å². The number of methoxy groups -OCH3 is 2. The molecule has 0 spiro atoms. The van der Waals surface area contributed by atoms with Crippen LogP contribution in [0.4, 0.5) is 17.5 Å². The first-order chi connectivity index (χ1) is 12.7. The lowest BCUT2D eigenvalue weighted by atomic mass is 10.2. The largest absolute Gasteiger partial charge is 0.495 e. The molecule has 3 aromatic rings. The lowest BCUT2D eigenvalue weighted by Gasteiger charge is -2.14. The number of rotatable bonds is 7. The smallest absolute Gasteiger partial charge is 0.224 e. The Balaban J connectivity index is 1.76. The second-order valence-electron chi connectivity index (χ2n) is 5.29. The number of ether oxygens (including phenoxy) is 2. The number of aromatic nitrogens is 3. The first-order valence-corrected chi connectivity index (χ1v) is 8.21. The van der Waals surface area contributed by atoms with Crippen molar-refractivity contribution in [3.63, 3.8) is 0 Å². The van der Waals surface area contributed by atoms with Gasteiger partial charge in [-0.2, -0.15) is 4.98 Å². The highest BCUT2D eigenvalue weighted by Gasteiger charge is 2.11. The van der Waals surface area contributed by atoms with Gasteiger partial charge in [0.2, 0.25) is 5.95 Å². The van der Waals surface area contributed by atoms with Crippen molar-refractivity contribution >= 4 is 29.1 Å².